The standard InChI is InChI=1S/C24H30ClN3O5/c1-24(2,17-3-7-22(8-4-17)32-15-20(30)11-25)18-5-9-23(10-6-18)33-16-21(31)13-28-19(14-29)12-26-27-28/h3-10,12,20-21,29-31H,11,13-16H2,1-2H3/t20-,21-/m0/s1. The summed E-state index contributed by atoms with van der Waals surface area (Å²) in [6.45, 7) is 4.51. The topological polar surface area (TPSA) is 110 Å². The van der Waals surface area contributed by atoms with Gasteiger partial charge in [0.05, 0.1) is 30.9 Å². The summed E-state index contributed by atoms with van der Waals surface area (Å²) in [7, 11) is 0. The van der Waals surface area contributed by atoms with Crippen LogP contribution in [-0.4, -0.2) is 61.6 Å². The van der Waals surface area contributed by atoms with Gasteiger partial charge in [-0.1, -0.05) is 43.3 Å². The Morgan fingerprint density at radius 1 is 0.909 bits per heavy atom. The number of halogens is 1. The van der Waals surface area contributed by atoms with Crippen LogP contribution in [0.1, 0.15) is 30.7 Å². The van der Waals surface area contributed by atoms with E-state index in [0.29, 0.717) is 17.2 Å². The molecular weight excluding hydrogens is 446 g/mol. The van der Waals surface area contributed by atoms with E-state index >= 15 is 0 Å². The zero-order valence-corrected chi connectivity index (χ0v) is 19.5. The molecule has 178 valence electrons. The third-order valence-corrected chi connectivity index (χ3v) is 5.81. The van der Waals surface area contributed by atoms with Crippen molar-refractivity contribution in [1.82, 2.24) is 15.0 Å². The second kappa shape index (κ2) is 11.5. The van der Waals surface area contributed by atoms with Gasteiger partial charge in [-0.05, 0) is 35.4 Å². The number of benzene rings is 2. The van der Waals surface area contributed by atoms with Gasteiger partial charge in [-0.15, -0.1) is 16.7 Å². The molecule has 0 aliphatic carbocycles. The minimum atomic E-state index is -0.792. The molecule has 0 unspecified atom stereocenters. The SMILES string of the molecule is CC(C)(c1ccc(OC[C@@H](O)Cn2nncc2CO)cc1)c1ccc(OC[C@@H](O)CCl)cc1. The van der Waals surface area contributed by atoms with Gasteiger partial charge in [0, 0.05) is 5.41 Å². The number of rotatable bonds is 12. The zero-order valence-electron chi connectivity index (χ0n) is 18.8. The van der Waals surface area contributed by atoms with Gasteiger partial charge in [-0.2, -0.15) is 0 Å². The molecule has 0 aliphatic rings. The smallest absolute Gasteiger partial charge is 0.119 e. The van der Waals surface area contributed by atoms with E-state index in [9.17, 15) is 15.3 Å². The average Bonchev–Trinajstić information content (AvgIpc) is 3.28. The Bertz CT molecular complexity index is 992. The maximum atomic E-state index is 10.2. The van der Waals surface area contributed by atoms with Crippen LogP contribution in [0.15, 0.2) is 54.7 Å². The lowest BCUT2D eigenvalue weighted by molar-refractivity contribution is 0.0866. The molecule has 2 atom stereocenters. The normalized spacial score (nSPS) is 13.5. The quantitative estimate of drug-likeness (QED) is 0.345. The van der Waals surface area contributed by atoms with Crippen LogP contribution in [-0.2, 0) is 18.6 Å². The van der Waals surface area contributed by atoms with E-state index in [1.807, 2.05) is 48.5 Å². The molecule has 3 rings (SSSR count). The minimum absolute atomic E-state index is 0.0906. The highest BCUT2D eigenvalue weighted by Gasteiger charge is 2.23. The van der Waals surface area contributed by atoms with E-state index in [2.05, 4.69) is 24.2 Å². The second-order valence-corrected chi connectivity index (χ2v) is 8.63. The van der Waals surface area contributed by atoms with E-state index in [4.69, 9.17) is 21.1 Å². The summed E-state index contributed by atoms with van der Waals surface area (Å²) in [6, 6.07) is 15.5. The first-order valence-electron chi connectivity index (χ1n) is 10.7. The maximum Gasteiger partial charge on any atom is 0.119 e. The molecule has 0 saturated heterocycles. The monoisotopic (exact) mass is 475 g/mol. The highest BCUT2D eigenvalue weighted by molar-refractivity contribution is 6.18. The van der Waals surface area contributed by atoms with Crippen molar-refractivity contribution in [2.75, 3.05) is 19.1 Å². The molecule has 0 radical (unpaired) electrons. The molecular formula is C24H30ClN3O5. The first-order valence-corrected chi connectivity index (χ1v) is 11.2. The third kappa shape index (κ3) is 6.68. The van der Waals surface area contributed by atoms with Gasteiger partial charge in [0.15, 0.2) is 0 Å². The molecule has 0 bridgehead atoms. The van der Waals surface area contributed by atoms with Crippen LogP contribution in [0.2, 0.25) is 0 Å². The van der Waals surface area contributed by atoms with Gasteiger partial charge in [-0.25, -0.2) is 4.68 Å². The van der Waals surface area contributed by atoms with Crippen LogP contribution in [0.5, 0.6) is 11.5 Å². The second-order valence-electron chi connectivity index (χ2n) is 8.32. The molecule has 33 heavy (non-hydrogen) atoms. The first-order chi connectivity index (χ1) is 15.8. The van der Waals surface area contributed by atoms with Crippen molar-refractivity contribution < 1.29 is 24.8 Å². The summed E-state index contributed by atoms with van der Waals surface area (Å²) in [5.74, 6) is 1.46. The lowest BCUT2D eigenvalue weighted by Gasteiger charge is -2.26. The van der Waals surface area contributed by atoms with Crippen molar-refractivity contribution >= 4 is 11.6 Å². The highest BCUT2D eigenvalue weighted by atomic mass is 35.5. The van der Waals surface area contributed by atoms with Gasteiger partial charge in [0.25, 0.3) is 0 Å². The minimum Gasteiger partial charge on any atom is -0.491 e. The molecule has 1 heterocycles. The summed E-state index contributed by atoms with van der Waals surface area (Å²) >= 11 is 5.59. The Labute approximate surface area is 198 Å². The van der Waals surface area contributed by atoms with Crippen LogP contribution in [0, 0.1) is 0 Å². The highest BCUT2D eigenvalue weighted by Crippen LogP contribution is 2.33. The number of nitrogens with zero attached hydrogens (tertiary/aromatic N) is 3. The molecule has 3 aromatic rings. The molecule has 9 heteroatoms. The van der Waals surface area contributed by atoms with E-state index in [-0.39, 0.29) is 37.7 Å². The number of hydrogen-bond acceptors (Lipinski definition) is 7. The molecule has 0 fully saturated rings. The number of alkyl halides is 1. The van der Waals surface area contributed by atoms with Gasteiger partial charge in [0.2, 0.25) is 0 Å². The van der Waals surface area contributed by atoms with Crippen molar-refractivity contribution in [3.8, 4) is 11.5 Å². The summed E-state index contributed by atoms with van der Waals surface area (Å²) in [4.78, 5) is 0. The van der Waals surface area contributed by atoms with Crippen LogP contribution >= 0.6 is 11.6 Å². The van der Waals surface area contributed by atoms with Crippen molar-refractivity contribution in [1.29, 1.82) is 0 Å². The zero-order chi connectivity index (χ0) is 23.8. The summed E-state index contributed by atoms with van der Waals surface area (Å²) in [6.07, 6.45) is -0.0229. The largest absolute Gasteiger partial charge is 0.491 e. The van der Waals surface area contributed by atoms with E-state index in [1.54, 1.807) is 0 Å². The number of aliphatic hydroxyl groups excluding tert-OH is 3. The van der Waals surface area contributed by atoms with Gasteiger partial charge >= 0.3 is 0 Å². The van der Waals surface area contributed by atoms with Crippen molar-refractivity contribution in [3.63, 3.8) is 0 Å². The first kappa shape index (κ1) is 25.0. The lowest BCUT2D eigenvalue weighted by atomic mass is 9.78. The molecule has 2 aromatic carbocycles. The Hall–Kier alpha value is -2.65. The van der Waals surface area contributed by atoms with Crippen molar-refractivity contribution in [2.45, 2.75) is 44.6 Å². The molecule has 8 nitrogen and oxygen atoms in total. The van der Waals surface area contributed by atoms with Crippen LogP contribution < -0.4 is 9.47 Å². The predicted octanol–water partition coefficient (Wildman–Crippen LogP) is 2.51. The molecule has 0 amide bonds. The average molecular weight is 476 g/mol. The molecule has 0 aliphatic heterocycles. The number of hydrogen-bond donors (Lipinski definition) is 3. The van der Waals surface area contributed by atoms with Crippen LogP contribution in [0.3, 0.4) is 0 Å². The Morgan fingerprint density at radius 2 is 1.42 bits per heavy atom. The molecule has 1 aromatic heterocycles. The summed E-state index contributed by atoms with van der Waals surface area (Å²) in [5, 5.41) is 36.5. The number of ether oxygens (including phenoxy) is 2. The van der Waals surface area contributed by atoms with Gasteiger partial charge in [0.1, 0.15) is 36.9 Å². The molecule has 0 spiro atoms. The maximum absolute atomic E-state index is 10.2. The molecule has 3 N–H and O–H groups in total. The van der Waals surface area contributed by atoms with Crippen molar-refractivity contribution in [2.24, 2.45) is 0 Å². The van der Waals surface area contributed by atoms with E-state index < -0.39 is 12.2 Å². The van der Waals surface area contributed by atoms with Gasteiger partial charge in [-0.3, -0.25) is 0 Å². The summed E-state index contributed by atoms with van der Waals surface area (Å²) in [5.41, 5.74) is 2.51. The molecule has 0 saturated carbocycles. The van der Waals surface area contributed by atoms with Crippen LogP contribution in [0.4, 0.5) is 0 Å². The fourth-order valence-corrected chi connectivity index (χ4v) is 3.43. The lowest BCUT2D eigenvalue weighted by Crippen LogP contribution is -2.25. The Kier molecular flexibility index (Phi) is 8.68. The fourth-order valence-electron chi connectivity index (χ4n) is 3.34. The summed E-state index contributed by atoms with van der Waals surface area (Å²) < 4.78 is 12.7. The Morgan fingerprint density at radius 3 is 1.91 bits per heavy atom. The van der Waals surface area contributed by atoms with Crippen molar-refractivity contribution in [3.05, 3.63) is 71.5 Å². The predicted molar refractivity (Wildman–Crippen MR) is 125 cm³/mol. The Balaban J connectivity index is 1.56. The third-order valence-electron chi connectivity index (χ3n) is 5.46. The van der Waals surface area contributed by atoms with E-state index in [1.165, 1.54) is 10.9 Å². The number of aromatic nitrogens is 3. The van der Waals surface area contributed by atoms with Crippen LogP contribution in [0.25, 0.3) is 0 Å². The number of aliphatic hydroxyl groups is 3. The van der Waals surface area contributed by atoms with E-state index in [0.717, 1.165) is 11.1 Å². The van der Waals surface area contributed by atoms with Gasteiger partial charge < -0.3 is 24.8 Å². The fraction of sp³-hybridized carbons (Fsp3) is 0.417.